The van der Waals surface area contributed by atoms with Crippen molar-refractivity contribution in [2.45, 2.75) is 6.92 Å². The highest BCUT2D eigenvalue weighted by molar-refractivity contribution is 6.10. The summed E-state index contributed by atoms with van der Waals surface area (Å²) in [5.41, 5.74) is 9.61. The molecule has 2 aromatic carbocycles. The fourth-order valence-corrected chi connectivity index (χ4v) is 2.98. The zero-order valence-corrected chi connectivity index (χ0v) is 14.4. The van der Waals surface area contributed by atoms with Crippen LogP contribution in [-0.2, 0) is 9.59 Å². The molecule has 1 heterocycles. The van der Waals surface area contributed by atoms with Gasteiger partial charge in [0.2, 0.25) is 5.91 Å². The van der Waals surface area contributed by atoms with Crippen molar-refractivity contribution in [3.05, 3.63) is 65.9 Å². The average molecular weight is 363 g/mol. The van der Waals surface area contributed by atoms with Gasteiger partial charge in [-0.2, -0.15) is 0 Å². The first-order chi connectivity index (χ1) is 12.9. The summed E-state index contributed by atoms with van der Waals surface area (Å²) < 4.78 is 0. The third-order valence-electron chi connectivity index (χ3n) is 4.25. The molecule has 0 bridgehead atoms. The molecule has 136 valence electrons. The second-order valence-electron chi connectivity index (χ2n) is 5.93. The van der Waals surface area contributed by atoms with Crippen LogP contribution >= 0.6 is 0 Å². The molecule has 0 aliphatic rings. The van der Waals surface area contributed by atoms with E-state index in [4.69, 9.17) is 10.8 Å². The molecule has 0 aliphatic heterocycles. The summed E-state index contributed by atoms with van der Waals surface area (Å²) >= 11 is 0. The van der Waals surface area contributed by atoms with Crippen LogP contribution in [0.2, 0.25) is 0 Å². The number of carboxylic acid groups (broad SMARTS) is 1. The van der Waals surface area contributed by atoms with Gasteiger partial charge in [0.25, 0.3) is 5.91 Å². The van der Waals surface area contributed by atoms with Gasteiger partial charge < -0.3 is 21.1 Å². The molecule has 0 atom stereocenters. The molecule has 0 fully saturated rings. The molecular formula is C20H17N3O4. The number of H-pyrrole nitrogens is 1. The zero-order chi connectivity index (χ0) is 19.6. The maximum atomic E-state index is 11.9. The molecule has 0 spiro atoms. The number of aromatic amines is 1. The standard InChI is InChI=1S/C20H17N3O4/c1-11-12(3-2-4-16(11)23-17(24)7-8-18(25)26)13-5-6-15(20(21)27)19-14(13)9-10-22-19/h2-10,22H,1H3,(H2,21,27)(H,23,24)(H,25,26). The SMILES string of the molecule is Cc1c(NC(=O)C=CC(=O)O)cccc1-c1ccc(C(N)=O)c2[nH]ccc12. The van der Waals surface area contributed by atoms with E-state index in [9.17, 15) is 14.4 Å². The number of primary amides is 1. The van der Waals surface area contributed by atoms with Gasteiger partial charge in [0.1, 0.15) is 0 Å². The van der Waals surface area contributed by atoms with E-state index >= 15 is 0 Å². The third kappa shape index (κ3) is 3.57. The van der Waals surface area contributed by atoms with E-state index in [0.717, 1.165) is 34.2 Å². The Morgan fingerprint density at radius 1 is 1.07 bits per heavy atom. The number of anilines is 1. The van der Waals surface area contributed by atoms with Crippen molar-refractivity contribution >= 4 is 34.4 Å². The lowest BCUT2D eigenvalue weighted by atomic mass is 9.94. The fourth-order valence-electron chi connectivity index (χ4n) is 2.98. The van der Waals surface area contributed by atoms with Crippen molar-refractivity contribution in [2.75, 3.05) is 5.32 Å². The quantitative estimate of drug-likeness (QED) is 0.520. The van der Waals surface area contributed by atoms with Crippen LogP contribution in [0, 0.1) is 6.92 Å². The zero-order valence-electron chi connectivity index (χ0n) is 14.4. The second-order valence-corrected chi connectivity index (χ2v) is 5.93. The molecule has 3 rings (SSSR count). The summed E-state index contributed by atoms with van der Waals surface area (Å²) in [6.07, 6.45) is 3.47. The largest absolute Gasteiger partial charge is 0.478 e. The first kappa shape index (κ1) is 17.9. The molecule has 7 heteroatoms. The Bertz CT molecular complexity index is 1100. The van der Waals surface area contributed by atoms with Gasteiger partial charge in [-0.3, -0.25) is 9.59 Å². The fraction of sp³-hybridized carbons (Fsp3) is 0.0500. The number of carbonyl (C=O) groups is 3. The summed E-state index contributed by atoms with van der Waals surface area (Å²) in [6.45, 7) is 1.85. The number of hydrogen-bond acceptors (Lipinski definition) is 3. The lowest BCUT2D eigenvalue weighted by Gasteiger charge is -2.13. The number of carboxylic acids is 1. The molecule has 0 saturated carbocycles. The van der Waals surface area contributed by atoms with Crippen LogP contribution in [-0.4, -0.2) is 27.9 Å². The Balaban J connectivity index is 2.04. The Morgan fingerprint density at radius 3 is 2.56 bits per heavy atom. The normalized spacial score (nSPS) is 11.0. The number of nitrogens with one attached hydrogen (secondary N) is 2. The maximum absolute atomic E-state index is 11.9. The van der Waals surface area contributed by atoms with Gasteiger partial charge in [-0.05, 0) is 41.8 Å². The van der Waals surface area contributed by atoms with Crippen LogP contribution in [0.4, 0.5) is 5.69 Å². The summed E-state index contributed by atoms with van der Waals surface area (Å²) in [4.78, 5) is 37.1. The van der Waals surface area contributed by atoms with Crippen molar-refractivity contribution in [2.24, 2.45) is 5.73 Å². The second kappa shape index (κ2) is 7.17. The van der Waals surface area contributed by atoms with Crippen molar-refractivity contribution < 1.29 is 19.5 Å². The van der Waals surface area contributed by atoms with Crippen LogP contribution < -0.4 is 11.1 Å². The number of hydrogen-bond donors (Lipinski definition) is 4. The molecular weight excluding hydrogens is 346 g/mol. The van der Waals surface area contributed by atoms with Crippen LogP contribution in [0.15, 0.2) is 54.7 Å². The predicted molar refractivity (Wildman–Crippen MR) is 102 cm³/mol. The van der Waals surface area contributed by atoms with Crippen LogP contribution in [0.1, 0.15) is 15.9 Å². The summed E-state index contributed by atoms with van der Waals surface area (Å²) in [5, 5.41) is 12.1. The van der Waals surface area contributed by atoms with E-state index < -0.39 is 17.8 Å². The van der Waals surface area contributed by atoms with Gasteiger partial charge in [-0.15, -0.1) is 0 Å². The number of rotatable bonds is 5. The van der Waals surface area contributed by atoms with E-state index in [1.165, 1.54) is 0 Å². The van der Waals surface area contributed by atoms with Crippen LogP contribution in [0.25, 0.3) is 22.0 Å². The van der Waals surface area contributed by atoms with Crippen molar-refractivity contribution in [3.8, 4) is 11.1 Å². The van der Waals surface area contributed by atoms with E-state index in [0.29, 0.717) is 16.8 Å². The monoisotopic (exact) mass is 363 g/mol. The summed E-state index contributed by atoms with van der Waals surface area (Å²) in [5.74, 6) is -2.24. The minimum absolute atomic E-state index is 0.402. The summed E-state index contributed by atoms with van der Waals surface area (Å²) in [6, 6.07) is 10.8. The number of fused-ring (bicyclic) bond motifs is 1. The first-order valence-corrected chi connectivity index (χ1v) is 8.10. The first-order valence-electron chi connectivity index (χ1n) is 8.10. The van der Waals surface area contributed by atoms with E-state index in [-0.39, 0.29) is 0 Å². The molecule has 1 aromatic heterocycles. The molecule has 0 unspecified atom stereocenters. The Labute approximate surface area is 154 Å². The molecule has 3 aromatic rings. The molecule has 2 amide bonds. The van der Waals surface area contributed by atoms with Gasteiger partial charge in [0, 0.05) is 29.4 Å². The lowest BCUT2D eigenvalue weighted by molar-refractivity contribution is -0.131. The molecule has 0 aliphatic carbocycles. The number of amides is 2. The van der Waals surface area contributed by atoms with E-state index in [1.54, 1.807) is 24.4 Å². The van der Waals surface area contributed by atoms with Crippen molar-refractivity contribution in [3.63, 3.8) is 0 Å². The highest BCUT2D eigenvalue weighted by Gasteiger charge is 2.15. The number of aliphatic carboxylic acids is 1. The smallest absolute Gasteiger partial charge is 0.328 e. The van der Waals surface area contributed by atoms with Gasteiger partial charge in [-0.1, -0.05) is 18.2 Å². The highest BCUT2D eigenvalue weighted by Crippen LogP contribution is 2.34. The Kier molecular flexibility index (Phi) is 4.76. The van der Waals surface area contributed by atoms with Gasteiger partial charge in [0.05, 0.1) is 11.1 Å². The lowest BCUT2D eigenvalue weighted by Crippen LogP contribution is -2.11. The molecule has 7 nitrogen and oxygen atoms in total. The molecule has 0 saturated heterocycles. The predicted octanol–water partition coefficient (Wildman–Crippen LogP) is 2.82. The number of benzene rings is 2. The maximum Gasteiger partial charge on any atom is 0.328 e. The summed E-state index contributed by atoms with van der Waals surface area (Å²) in [7, 11) is 0. The van der Waals surface area contributed by atoms with Crippen LogP contribution in [0.5, 0.6) is 0 Å². The minimum Gasteiger partial charge on any atom is -0.478 e. The van der Waals surface area contributed by atoms with Gasteiger partial charge >= 0.3 is 5.97 Å². The van der Waals surface area contributed by atoms with Gasteiger partial charge in [-0.25, -0.2) is 4.79 Å². The van der Waals surface area contributed by atoms with Crippen LogP contribution in [0.3, 0.4) is 0 Å². The Morgan fingerprint density at radius 2 is 1.85 bits per heavy atom. The number of aromatic nitrogens is 1. The molecule has 5 N–H and O–H groups in total. The average Bonchev–Trinajstić information content (AvgIpc) is 3.10. The minimum atomic E-state index is -1.19. The third-order valence-corrected chi connectivity index (χ3v) is 4.25. The number of carbonyl (C=O) groups excluding carboxylic acids is 2. The highest BCUT2D eigenvalue weighted by atomic mass is 16.4. The number of nitrogens with two attached hydrogens (primary N) is 1. The van der Waals surface area contributed by atoms with Crippen molar-refractivity contribution in [1.82, 2.24) is 4.98 Å². The molecule has 27 heavy (non-hydrogen) atoms. The topological polar surface area (TPSA) is 125 Å². The van der Waals surface area contributed by atoms with E-state index in [1.807, 2.05) is 25.1 Å². The van der Waals surface area contributed by atoms with E-state index in [2.05, 4.69) is 10.3 Å². The molecule has 0 radical (unpaired) electrons. The van der Waals surface area contributed by atoms with Gasteiger partial charge in [0.15, 0.2) is 0 Å². The van der Waals surface area contributed by atoms with Crippen molar-refractivity contribution in [1.29, 1.82) is 0 Å². The Hall–Kier alpha value is -3.87.